The average Bonchev–Trinajstić information content (AvgIpc) is 3.54. The minimum Gasteiger partial charge on any atom is -0.281 e. The van der Waals surface area contributed by atoms with Crippen LogP contribution in [0.3, 0.4) is 0 Å². The summed E-state index contributed by atoms with van der Waals surface area (Å²) in [7, 11) is 0. The highest BCUT2D eigenvalue weighted by Gasteiger charge is 2.21. The summed E-state index contributed by atoms with van der Waals surface area (Å²) in [5.41, 5.74) is 6.52. The summed E-state index contributed by atoms with van der Waals surface area (Å²) in [6.07, 6.45) is 7.67. The zero-order valence-electron chi connectivity index (χ0n) is 17.2. The van der Waals surface area contributed by atoms with E-state index in [-0.39, 0.29) is 5.82 Å². The first-order valence-corrected chi connectivity index (χ1v) is 10.4. The zero-order valence-corrected chi connectivity index (χ0v) is 17.2. The highest BCUT2D eigenvalue weighted by Crippen LogP contribution is 2.23. The van der Waals surface area contributed by atoms with Gasteiger partial charge in [-0.3, -0.25) is 9.98 Å². The average molecular weight is 412 g/mol. The van der Waals surface area contributed by atoms with Gasteiger partial charge in [-0.05, 0) is 48.9 Å². The molecule has 0 N–H and O–H groups in total. The number of rotatable bonds is 7. The maximum absolute atomic E-state index is 13.3. The summed E-state index contributed by atoms with van der Waals surface area (Å²) in [6.45, 7) is 2.88. The van der Waals surface area contributed by atoms with Crippen LogP contribution in [0.1, 0.15) is 36.0 Å². The minimum atomic E-state index is -0.263. The summed E-state index contributed by atoms with van der Waals surface area (Å²) in [4.78, 5) is 18.5. The third-order valence-corrected chi connectivity index (χ3v) is 5.24. The van der Waals surface area contributed by atoms with Crippen LogP contribution in [-0.4, -0.2) is 37.0 Å². The monoisotopic (exact) mass is 412 g/mol. The molecule has 1 aromatic carbocycles. The van der Waals surface area contributed by atoms with Gasteiger partial charge in [0.25, 0.3) is 0 Å². The fraction of sp³-hybridized carbons (Fsp3) is 0.208. The Hall–Kier alpha value is -3.74. The molecule has 31 heavy (non-hydrogen) atoms. The van der Waals surface area contributed by atoms with Gasteiger partial charge in [0.05, 0.1) is 41.2 Å². The summed E-state index contributed by atoms with van der Waals surface area (Å²) in [5.74, 6) is 0.521. The smallest absolute Gasteiger partial charge is 0.162 e. The maximum atomic E-state index is 13.3. The lowest BCUT2D eigenvalue weighted by molar-refractivity contribution is 0.628. The molecule has 0 atom stereocenters. The number of hydrogen-bond acceptors (Lipinski definition) is 5. The van der Waals surface area contributed by atoms with Crippen molar-refractivity contribution >= 4 is 5.71 Å². The molecule has 0 radical (unpaired) electrons. The third-order valence-electron chi connectivity index (χ3n) is 5.24. The number of aromatic nitrogens is 5. The van der Waals surface area contributed by atoms with Crippen LogP contribution in [0.4, 0.5) is 4.39 Å². The van der Waals surface area contributed by atoms with Crippen LogP contribution >= 0.6 is 0 Å². The van der Waals surface area contributed by atoms with Crippen LogP contribution in [0, 0.1) is 5.82 Å². The highest BCUT2D eigenvalue weighted by atomic mass is 19.1. The summed E-state index contributed by atoms with van der Waals surface area (Å²) >= 11 is 0. The lowest BCUT2D eigenvalue weighted by Gasteiger charge is -2.12. The molecular formula is C24H21FN6. The molecule has 0 fully saturated rings. The first kappa shape index (κ1) is 19.2. The predicted octanol–water partition coefficient (Wildman–Crippen LogP) is 4.21. The summed E-state index contributed by atoms with van der Waals surface area (Å²) < 4.78 is 15.1. The Morgan fingerprint density at radius 1 is 1.00 bits per heavy atom. The number of halogens is 1. The molecule has 0 bridgehead atoms. The topological polar surface area (TPSA) is 68.8 Å². The van der Waals surface area contributed by atoms with Crippen molar-refractivity contribution < 1.29 is 4.39 Å². The zero-order chi connectivity index (χ0) is 21.2. The number of aryl methyl sites for hydroxylation is 1. The maximum Gasteiger partial charge on any atom is 0.162 e. The van der Waals surface area contributed by atoms with E-state index in [2.05, 4.69) is 22.0 Å². The standard InChI is InChI=1S/C24H21FN6/c1-2-4-20-21(27-14-22(30-20)16-6-8-17(25)9-7-16)13-18-10-12-29-31(18)24-19(23-15-28-23)5-3-11-26-24/h3,5-12,14H,2,4,13,15H2,1H3. The van der Waals surface area contributed by atoms with E-state index in [0.717, 1.165) is 64.8 Å². The third kappa shape index (κ3) is 3.99. The molecule has 0 saturated carbocycles. The van der Waals surface area contributed by atoms with Gasteiger partial charge < -0.3 is 0 Å². The van der Waals surface area contributed by atoms with E-state index in [0.29, 0.717) is 6.42 Å². The van der Waals surface area contributed by atoms with Crippen LogP contribution < -0.4 is 0 Å². The molecule has 3 aromatic heterocycles. The van der Waals surface area contributed by atoms with Crippen molar-refractivity contribution in [1.82, 2.24) is 24.7 Å². The van der Waals surface area contributed by atoms with E-state index in [1.807, 2.05) is 22.9 Å². The Balaban J connectivity index is 1.49. The normalized spacial score (nSPS) is 12.6. The molecule has 6 nitrogen and oxygen atoms in total. The van der Waals surface area contributed by atoms with Gasteiger partial charge in [-0.2, -0.15) is 5.10 Å². The van der Waals surface area contributed by atoms with E-state index in [4.69, 9.17) is 9.97 Å². The van der Waals surface area contributed by atoms with Gasteiger partial charge in [-0.1, -0.05) is 13.3 Å². The molecule has 5 rings (SSSR count). The number of aliphatic imine (C=N–C) groups is 1. The quantitative estimate of drug-likeness (QED) is 0.456. The fourth-order valence-corrected chi connectivity index (χ4v) is 3.62. The molecule has 0 amide bonds. The lowest BCUT2D eigenvalue weighted by atomic mass is 10.1. The number of hydrogen-bond donors (Lipinski definition) is 0. The second-order valence-electron chi connectivity index (χ2n) is 7.45. The molecule has 154 valence electrons. The Morgan fingerprint density at radius 3 is 2.61 bits per heavy atom. The first-order chi connectivity index (χ1) is 15.2. The number of pyridine rings is 1. The molecule has 0 saturated heterocycles. The molecular weight excluding hydrogens is 391 g/mol. The van der Waals surface area contributed by atoms with Crippen LogP contribution in [0.15, 0.2) is 66.0 Å². The van der Waals surface area contributed by atoms with Crippen LogP contribution in [0.2, 0.25) is 0 Å². The second kappa shape index (κ2) is 8.18. The van der Waals surface area contributed by atoms with Crippen LogP contribution in [0.25, 0.3) is 17.1 Å². The van der Waals surface area contributed by atoms with E-state index in [1.54, 1.807) is 30.7 Å². The van der Waals surface area contributed by atoms with Crippen molar-refractivity contribution in [2.75, 3.05) is 6.54 Å². The van der Waals surface area contributed by atoms with Gasteiger partial charge in [0.2, 0.25) is 0 Å². The SMILES string of the molecule is CCCc1nc(-c2ccc(F)cc2)cnc1Cc1ccnn1-c1ncccc1C1=NC1. The van der Waals surface area contributed by atoms with Crippen molar-refractivity contribution in [3.63, 3.8) is 0 Å². The second-order valence-corrected chi connectivity index (χ2v) is 7.45. The number of nitrogens with zero attached hydrogens (tertiary/aromatic N) is 6. The van der Waals surface area contributed by atoms with Crippen LogP contribution in [-0.2, 0) is 12.8 Å². The molecule has 7 heteroatoms. The van der Waals surface area contributed by atoms with Crippen molar-refractivity contribution in [3.05, 3.63) is 89.5 Å². The first-order valence-electron chi connectivity index (χ1n) is 10.4. The summed E-state index contributed by atoms with van der Waals surface area (Å²) in [5, 5.41) is 4.52. The van der Waals surface area contributed by atoms with E-state index >= 15 is 0 Å². The number of benzene rings is 1. The Bertz CT molecular complexity index is 1260. The van der Waals surface area contributed by atoms with Crippen molar-refractivity contribution in [2.45, 2.75) is 26.2 Å². The molecule has 0 unspecified atom stereocenters. The minimum absolute atomic E-state index is 0.263. The van der Waals surface area contributed by atoms with Gasteiger partial charge in [0.15, 0.2) is 5.82 Å². The van der Waals surface area contributed by atoms with Crippen molar-refractivity contribution in [3.8, 4) is 17.1 Å². The van der Waals surface area contributed by atoms with E-state index in [1.165, 1.54) is 12.1 Å². The van der Waals surface area contributed by atoms with E-state index in [9.17, 15) is 4.39 Å². The lowest BCUT2D eigenvalue weighted by Crippen LogP contribution is -2.11. The molecule has 1 aliphatic rings. The van der Waals surface area contributed by atoms with Gasteiger partial charge in [-0.25, -0.2) is 19.0 Å². The van der Waals surface area contributed by atoms with Gasteiger partial charge in [-0.15, -0.1) is 0 Å². The molecule has 1 aliphatic heterocycles. The Kier molecular flexibility index (Phi) is 5.08. The Morgan fingerprint density at radius 2 is 1.84 bits per heavy atom. The van der Waals surface area contributed by atoms with Crippen molar-refractivity contribution in [1.29, 1.82) is 0 Å². The van der Waals surface area contributed by atoms with Gasteiger partial charge in [0.1, 0.15) is 5.82 Å². The predicted molar refractivity (Wildman–Crippen MR) is 117 cm³/mol. The molecule has 0 aliphatic carbocycles. The highest BCUT2D eigenvalue weighted by molar-refractivity contribution is 6.12. The fourth-order valence-electron chi connectivity index (χ4n) is 3.62. The van der Waals surface area contributed by atoms with Gasteiger partial charge >= 0.3 is 0 Å². The Labute approximate surface area is 179 Å². The van der Waals surface area contributed by atoms with Gasteiger partial charge in [0, 0.05) is 29.9 Å². The molecule has 4 aromatic rings. The largest absolute Gasteiger partial charge is 0.281 e. The molecule has 4 heterocycles. The van der Waals surface area contributed by atoms with E-state index < -0.39 is 0 Å². The van der Waals surface area contributed by atoms with Crippen LogP contribution in [0.5, 0.6) is 0 Å². The van der Waals surface area contributed by atoms with Crippen molar-refractivity contribution in [2.24, 2.45) is 4.99 Å². The summed E-state index contributed by atoms with van der Waals surface area (Å²) in [6, 6.07) is 12.3. The molecule has 0 spiro atoms.